The highest BCUT2D eigenvalue weighted by Crippen LogP contribution is 2.45. The third-order valence-electron chi connectivity index (χ3n) is 11.1. The fraction of sp³-hybridized carbons (Fsp3) is 0.474. The lowest BCUT2D eigenvalue weighted by molar-refractivity contribution is -0.144. The molecular formula is C38H46N4O2. The molecule has 4 atom stereocenters. The van der Waals surface area contributed by atoms with Gasteiger partial charge in [-0.1, -0.05) is 71.8 Å². The normalized spacial score (nSPS) is 24.5. The topological polar surface area (TPSA) is 61.6 Å². The second-order valence-electron chi connectivity index (χ2n) is 13.9. The van der Waals surface area contributed by atoms with Crippen LogP contribution in [-0.2, 0) is 10.2 Å². The molecule has 0 radical (unpaired) electrons. The zero-order chi connectivity index (χ0) is 30.4. The summed E-state index contributed by atoms with van der Waals surface area (Å²) in [5, 5.41) is 10.4. The van der Waals surface area contributed by atoms with Crippen LogP contribution in [0.4, 0.5) is 0 Å². The van der Waals surface area contributed by atoms with E-state index in [0.29, 0.717) is 18.1 Å². The van der Waals surface area contributed by atoms with Crippen LogP contribution in [0, 0.1) is 20.8 Å². The molecule has 2 bridgehead atoms. The lowest BCUT2D eigenvalue weighted by Gasteiger charge is -2.46. The van der Waals surface area contributed by atoms with Gasteiger partial charge >= 0.3 is 5.97 Å². The van der Waals surface area contributed by atoms with E-state index in [4.69, 9.17) is 4.98 Å². The number of rotatable bonds is 8. The van der Waals surface area contributed by atoms with Gasteiger partial charge in [0.25, 0.3) is 0 Å². The van der Waals surface area contributed by atoms with Crippen molar-refractivity contribution >= 4 is 17.0 Å². The van der Waals surface area contributed by atoms with Crippen molar-refractivity contribution < 1.29 is 9.90 Å². The van der Waals surface area contributed by atoms with Crippen LogP contribution in [0.1, 0.15) is 85.1 Å². The molecule has 3 aliphatic rings. The molecule has 1 unspecified atom stereocenters. The Morgan fingerprint density at radius 1 is 0.886 bits per heavy atom. The summed E-state index contributed by atoms with van der Waals surface area (Å²) in [7, 11) is 0. The minimum absolute atomic E-state index is 0.0662. The van der Waals surface area contributed by atoms with Gasteiger partial charge < -0.3 is 9.67 Å². The number of aromatic nitrogens is 2. The molecule has 230 valence electrons. The number of nitrogens with zero attached hydrogens (tertiary/aromatic N) is 4. The van der Waals surface area contributed by atoms with Gasteiger partial charge in [0, 0.05) is 31.2 Å². The molecule has 44 heavy (non-hydrogen) atoms. The summed E-state index contributed by atoms with van der Waals surface area (Å²) in [5.74, 6) is 0.391. The van der Waals surface area contributed by atoms with Crippen LogP contribution >= 0.6 is 0 Å². The summed E-state index contributed by atoms with van der Waals surface area (Å²) in [4.78, 5) is 22.6. The maximum absolute atomic E-state index is 12.6. The van der Waals surface area contributed by atoms with Crippen LogP contribution in [0.15, 0.2) is 72.8 Å². The number of aliphatic carboxylic acids is 1. The van der Waals surface area contributed by atoms with E-state index >= 15 is 0 Å². The molecule has 3 aromatic carbocycles. The smallest absolute Gasteiger partial charge is 0.325 e. The highest BCUT2D eigenvalue weighted by atomic mass is 16.4. The Kier molecular flexibility index (Phi) is 7.84. The molecule has 3 saturated heterocycles. The summed E-state index contributed by atoms with van der Waals surface area (Å²) >= 11 is 0. The van der Waals surface area contributed by atoms with Gasteiger partial charge in [-0.05, 0) is 101 Å². The molecule has 3 aliphatic heterocycles. The summed E-state index contributed by atoms with van der Waals surface area (Å²) in [6.45, 7) is 8.97. The van der Waals surface area contributed by atoms with Crippen molar-refractivity contribution in [3.8, 4) is 0 Å². The molecule has 0 spiro atoms. The zero-order valence-electron chi connectivity index (χ0n) is 26.5. The monoisotopic (exact) mass is 590 g/mol. The lowest BCUT2D eigenvalue weighted by atomic mass is 9.70. The number of carboxylic acids is 1. The number of hydrogen-bond donors (Lipinski definition) is 1. The first-order valence-electron chi connectivity index (χ1n) is 16.6. The number of aryl methyl sites for hydroxylation is 3. The first-order chi connectivity index (χ1) is 21.3. The molecule has 0 aliphatic carbocycles. The van der Waals surface area contributed by atoms with Crippen LogP contribution in [0.25, 0.3) is 11.0 Å². The number of fused-ring (bicyclic) bond motifs is 3. The minimum atomic E-state index is -0.748. The number of piperidine rings is 2. The molecule has 4 heterocycles. The second-order valence-corrected chi connectivity index (χ2v) is 13.9. The van der Waals surface area contributed by atoms with Crippen LogP contribution in [0.5, 0.6) is 0 Å². The summed E-state index contributed by atoms with van der Waals surface area (Å²) in [6, 6.07) is 27.0. The van der Waals surface area contributed by atoms with Gasteiger partial charge in [-0.2, -0.15) is 0 Å². The van der Waals surface area contributed by atoms with Crippen molar-refractivity contribution in [2.45, 2.75) is 95.3 Å². The van der Waals surface area contributed by atoms with Gasteiger partial charge in [0.05, 0.1) is 11.0 Å². The number of likely N-dealkylation sites (tertiary alicyclic amines) is 1. The number of hydrogen-bond acceptors (Lipinski definition) is 4. The van der Waals surface area contributed by atoms with E-state index < -0.39 is 12.0 Å². The van der Waals surface area contributed by atoms with Crippen molar-refractivity contribution in [1.82, 2.24) is 19.4 Å². The highest BCUT2D eigenvalue weighted by molar-refractivity contribution is 5.76. The largest absolute Gasteiger partial charge is 0.480 e. The highest BCUT2D eigenvalue weighted by Gasteiger charge is 2.44. The van der Waals surface area contributed by atoms with Gasteiger partial charge in [0.15, 0.2) is 0 Å². The van der Waals surface area contributed by atoms with Crippen LogP contribution in [0.2, 0.25) is 0 Å². The van der Waals surface area contributed by atoms with E-state index in [0.717, 1.165) is 66.9 Å². The Hall–Kier alpha value is -3.48. The molecule has 0 saturated carbocycles. The van der Waals surface area contributed by atoms with Gasteiger partial charge in [-0.3, -0.25) is 14.6 Å². The Morgan fingerprint density at radius 2 is 1.52 bits per heavy atom. The molecule has 1 aromatic heterocycles. The van der Waals surface area contributed by atoms with Gasteiger partial charge in [0.2, 0.25) is 0 Å². The number of carbonyl (C=O) groups is 1. The Balaban J connectivity index is 1.08. The molecule has 7 rings (SSSR count). The Bertz CT molecular complexity index is 1600. The van der Waals surface area contributed by atoms with Crippen molar-refractivity contribution in [1.29, 1.82) is 0 Å². The minimum Gasteiger partial charge on any atom is -0.480 e. The van der Waals surface area contributed by atoms with Gasteiger partial charge in [-0.15, -0.1) is 0 Å². The first-order valence-corrected chi connectivity index (χ1v) is 16.6. The third-order valence-corrected chi connectivity index (χ3v) is 11.1. The molecule has 6 nitrogen and oxygen atoms in total. The lowest BCUT2D eigenvalue weighted by Crippen LogP contribution is -2.49. The molecule has 4 aromatic rings. The summed E-state index contributed by atoms with van der Waals surface area (Å²) < 4.78 is 2.52. The average molecular weight is 591 g/mol. The van der Waals surface area contributed by atoms with Gasteiger partial charge in [0.1, 0.15) is 11.9 Å². The SMILES string of the molecule is Cc1cc(C)cc(C(C(=O)O)N2CCC(CCN3[C@@H]4CC[C@H]3C[C@@H](n3c(C)nc5ccccc53)C4)(c3ccccc3)CC2)c1. The van der Waals surface area contributed by atoms with E-state index in [9.17, 15) is 9.90 Å². The standard InChI is InChI=1S/C38H46N4O2/c1-26-21-27(2)23-29(22-26)36(37(43)44)40-18-15-38(16-19-40,30-9-5-4-6-10-30)17-20-41-31-13-14-32(41)25-33(24-31)42-28(3)39-34-11-7-8-12-35(34)42/h4-12,21-23,31-33,36H,13-20,24-25H2,1-3H3,(H,43,44)/t31-,32+,33+,36?. The van der Waals surface area contributed by atoms with Crippen LogP contribution < -0.4 is 0 Å². The van der Waals surface area contributed by atoms with E-state index in [1.165, 1.54) is 36.8 Å². The number of imidazole rings is 1. The van der Waals surface area contributed by atoms with E-state index in [2.05, 4.69) is 108 Å². The second kappa shape index (κ2) is 11.8. The Labute approximate surface area is 261 Å². The van der Waals surface area contributed by atoms with Crippen molar-refractivity contribution in [3.63, 3.8) is 0 Å². The molecular weight excluding hydrogens is 544 g/mol. The Morgan fingerprint density at radius 3 is 2.18 bits per heavy atom. The van der Waals surface area contributed by atoms with Crippen LogP contribution in [-0.4, -0.2) is 62.1 Å². The maximum atomic E-state index is 12.6. The van der Waals surface area contributed by atoms with Crippen molar-refractivity contribution in [3.05, 3.63) is 101 Å². The van der Waals surface area contributed by atoms with E-state index in [1.807, 2.05) is 0 Å². The zero-order valence-corrected chi connectivity index (χ0v) is 26.5. The molecule has 0 amide bonds. The predicted octanol–water partition coefficient (Wildman–Crippen LogP) is 7.38. The summed E-state index contributed by atoms with van der Waals surface area (Å²) in [5.41, 5.74) is 7.02. The first kappa shape index (κ1) is 29.2. The molecule has 1 N–H and O–H groups in total. The van der Waals surface area contributed by atoms with Crippen molar-refractivity contribution in [2.75, 3.05) is 19.6 Å². The van der Waals surface area contributed by atoms with E-state index in [-0.39, 0.29) is 5.41 Å². The fourth-order valence-corrected chi connectivity index (χ4v) is 9.15. The number of para-hydroxylation sites is 2. The third kappa shape index (κ3) is 5.37. The average Bonchev–Trinajstić information content (AvgIpc) is 3.47. The van der Waals surface area contributed by atoms with E-state index in [1.54, 1.807) is 0 Å². The van der Waals surface area contributed by atoms with Crippen molar-refractivity contribution in [2.24, 2.45) is 0 Å². The number of benzene rings is 3. The number of carboxylic acid groups (broad SMARTS) is 1. The predicted molar refractivity (Wildman–Crippen MR) is 176 cm³/mol. The fourth-order valence-electron chi connectivity index (χ4n) is 9.15. The van der Waals surface area contributed by atoms with Gasteiger partial charge in [-0.25, -0.2) is 4.98 Å². The molecule has 6 heteroatoms. The maximum Gasteiger partial charge on any atom is 0.325 e. The molecule has 3 fully saturated rings. The summed E-state index contributed by atoms with van der Waals surface area (Å²) in [6.07, 6.45) is 8.05. The quantitative estimate of drug-likeness (QED) is 0.232. The van der Waals surface area contributed by atoms with Crippen LogP contribution in [0.3, 0.4) is 0 Å².